The molecule has 9 nitrogen and oxygen atoms in total. The average Bonchev–Trinajstić information content (AvgIpc) is 3.38. The van der Waals surface area contributed by atoms with Crippen molar-refractivity contribution in [1.82, 2.24) is 15.1 Å². The van der Waals surface area contributed by atoms with E-state index < -0.39 is 24.1 Å². The normalized spacial score (nSPS) is 17.0. The Balaban J connectivity index is 1.60. The molecule has 0 aliphatic carbocycles. The lowest BCUT2D eigenvalue weighted by Crippen LogP contribution is -2.32. The summed E-state index contributed by atoms with van der Waals surface area (Å²) in [4.78, 5) is 26.3. The van der Waals surface area contributed by atoms with Crippen LogP contribution in [0, 0.1) is 0 Å². The van der Waals surface area contributed by atoms with E-state index in [-0.39, 0.29) is 11.8 Å². The van der Waals surface area contributed by atoms with Crippen molar-refractivity contribution in [2.45, 2.75) is 19.1 Å². The Bertz CT molecular complexity index is 1060. The molecule has 2 heterocycles. The highest BCUT2D eigenvalue weighted by Gasteiger charge is 2.47. The van der Waals surface area contributed by atoms with Gasteiger partial charge in [0.15, 0.2) is 0 Å². The number of aromatic nitrogens is 2. The number of rotatable bonds is 6. The molecule has 2 atom stereocenters. The van der Waals surface area contributed by atoms with Crippen LogP contribution >= 0.6 is 0 Å². The number of carbonyl (C=O) groups excluding carboxylic acids is 2. The Labute approximate surface area is 172 Å². The van der Waals surface area contributed by atoms with Gasteiger partial charge in [0.2, 0.25) is 5.89 Å². The molecule has 1 fully saturated rings. The van der Waals surface area contributed by atoms with Gasteiger partial charge in [-0.15, -0.1) is 10.2 Å². The van der Waals surface area contributed by atoms with Gasteiger partial charge in [-0.3, -0.25) is 4.79 Å². The van der Waals surface area contributed by atoms with Crippen LogP contribution in [-0.4, -0.2) is 41.3 Å². The van der Waals surface area contributed by atoms with E-state index in [0.29, 0.717) is 17.1 Å². The zero-order chi connectivity index (χ0) is 21.3. The van der Waals surface area contributed by atoms with Gasteiger partial charge in [0.1, 0.15) is 11.5 Å². The molecular formula is C21H19N3O6. The van der Waals surface area contributed by atoms with E-state index in [2.05, 4.69) is 10.2 Å². The van der Waals surface area contributed by atoms with Gasteiger partial charge in [-0.25, -0.2) is 9.69 Å². The summed E-state index contributed by atoms with van der Waals surface area (Å²) in [5, 5.41) is 7.89. The van der Waals surface area contributed by atoms with Crippen LogP contribution in [0.5, 0.6) is 11.5 Å². The first kappa shape index (κ1) is 19.4. The summed E-state index contributed by atoms with van der Waals surface area (Å²) in [5.41, 5.74) is 1.34. The molecule has 0 saturated carbocycles. The molecule has 0 spiro atoms. The number of methoxy groups -OCH3 is 2. The SMILES string of the molecule is COc1cc(OC)cc(-c2nnc(C3OC(=O)N(C(C)c4ccccc4)C3=O)o2)c1. The first-order valence-electron chi connectivity index (χ1n) is 9.17. The zero-order valence-corrected chi connectivity index (χ0v) is 16.6. The number of carbonyl (C=O) groups is 2. The lowest BCUT2D eigenvalue weighted by molar-refractivity contribution is -0.131. The number of cyclic esters (lactones) is 1. The van der Waals surface area contributed by atoms with E-state index in [4.69, 9.17) is 18.6 Å². The molecule has 3 aromatic rings. The first-order valence-corrected chi connectivity index (χ1v) is 9.17. The van der Waals surface area contributed by atoms with Gasteiger partial charge in [0.25, 0.3) is 17.9 Å². The minimum absolute atomic E-state index is 0.104. The largest absolute Gasteiger partial charge is 0.497 e. The van der Waals surface area contributed by atoms with Crippen molar-refractivity contribution in [2.75, 3.05) is 14.2 Å². The molecule has 0 radical (unpaired) electrons. The summed E-state index contributed by atoms with van der Waals surface area (Å²) in [7, 11) is 3.05. The summed E-state index contributed by atoms with van der Waals surface area (Å²) in [6, 6.07) is 13.8. The van der Waals surface area contributed by atoms with Gasteiger partial charge in [0, 0.05) is 11.6 Å². The first-order chi connectivity index (χ1) is 14.5. The molecule has 1 saturated heterocycles. The van der Waals surface area contributed by atoms with Gasteiger partial charge < -0.3 is 18.6 Å². The van der Waals surface area contributed by atoms with Crippen LogP contribution < -0.4 is 9.47 Å². The number of hydrogen-bond donors (Lipinski definition) is 0. The van der Waals surface area contributed by atoms with E-state index in [0.717, 1.165) is 10.5 Å². The fourth-order valence-electron chi connectivity index (χ4n) is 3.20. The lowest BCUT2D eigenvalue weighted by Gasteiger charge is -2.20. The molecule has 30 heavy (non-hydrogen) atoms. The average molecular weight is 409 g/mol. The Morgan fingerprint density at radius 1 is 1.00 bits per heavy atom. The third-order valence-electron chi connectivity index (χ3n) is 4.81. The molecule has 2 unspecified atom stereocenters. The summed E-state index contributed by atoms with van der Waals surface area (Å²) in [6.45, 7) is 1.75. The minimum atomic E-state index is -1.29. The van der Waals surface area contributed by atoms with E-state index in [1.54, 1.807) is 25.1 Å². The second kappa shape index (κ2) is 7.86. The molecule has 1 aliphatic rings. The van der Waals surface area contributed by atoms with Crippen molar-refractivity contribution < 1.29 is 28.2 Å². The number of ether oxygens (including phenoxy) is 3. The van der Waals surface area contributed by atoms with Crippen LogP contribution in [0.1, 0.15) is 30.5 Å². The number of benzene rings is 2. The van der Waals surface area contributed by atoms with Gasteiger partial charge in [-0.1, -0.05) is 30.3 Å². The van der Waals surface area contributed by atoms with Crippen molar-refractivity contribution in [3.63, 3.8) is 0 Å². The molecule has 0 bridgehead atoms. The third kappa shape index (κ3) is 3.45. The fraction of sp³-hybridized carbons (Fsp3) is 0.238. The Kier molecular flexibility index (Phi) is 5.09. The minimum Gasteiger partial charge on any atom is -0.497 e. The van der Waals surface area contributed by atoms with Gasteiger partial charge in [0.05, 0.1) is 20.3 Å². The summed E-state index contributed by atoms with van der Waals surface area (Å²) in [5.74, 6) is 0.550. The van der Waals surface area contributed by atoms with Crippen molar-refractivity contribution in [3.05, 3.63) is 60.0 Å². The third-order valence-corrected chi connectivity index (χ3v) is 4.81. The lowest BCUT2D eigenvalue weighted by atomic mass is 10.1. The number of nitrogens with zero attached hydrogens (tertiary/aromatic N) is 3. The number of hydrogen-bond acceptors (Lipinski definition) is 8. The van der Waals surface area contributed by atoms with Crippen LogP contribution in [0.15, 0.2) is 52.9 Å². The Morgan fingerprint density at radius 3 is 2.30 bits per heavy atom. The molecule has 1 aliphatic heterocycles. The molecule has 0 N–H and O–H groups in total. The van der Waals surface area contributed by atoms with Crippen molar-refractivity contribution in [1.29, 1.82) is 0 Å². The molecule has 1 aromatic heterocycles. The maximum atomic E-state index is 12.9. The van der Waals surface area contributed by atoms with Crippen LogP contribution in [0.3, 0.4) is 0 Å². The summed E-state index contributed by atoms with van der Waals surface area (Å²) in [6.07, 6.45) is -2.05. The molecular weight excluding hydrogens is 390 g/mol. The highest BCUT2D eigenvalue weighted by atomic mass is 16.6. The van der Waals surface area contributed by atoms with Crippen molar-refractivity contribution in [3.8, 4) is 23.0 Å². The van der Waals surface area contributed by atoms with Crippen LogP contribution in [-0.2, 0) is 9.53 Å². The van der Waals surface area contributed by atoms with Gasteiger partial charge in [-0.05, 0) is 24.6 Å². The zero-order valence-electron chi connectivity index (χ0n) is 16.6. The standard InChI is InChI=1S/C21H19N3O6/c1-12(13-7-5-4-6-8-13)24-20(25)17(29-21(24)26)19-23-22-18(30-19)14-9-15(27-2)11-16(10-14)28-3/h4-12,17H,1-3H3. The molecule has 2 aromatic carbocycles. The second-order valence-corrected chi connectivity index (χ2v) is 6.61. The highest BCUT2D eigenvalue weighted by molar-refractivity contribution is 6.00. The van der Waals surface area contributed by atoms with Crippen molar-refractivity contribution in [2.24, 2.45) is 0 Å². The summed E-state index contributed by atoms with van der Waals surface area (Å²) >= 11 is 0. The Hall–Kier alpha value is -3.88. The molecule has 4 rings (SSSR count). The molecule has 2 amide bonds. The summed E-state index contributed by atoms with van der Waals surface area (Å²) < 4.78 is 21.4. The number of imide groups is 1. The topological polar surface area (TPSA) is 104 Å². The second-order valence-electron chi connectivity index (χ2n) is 6.61. The molecule has 9 heteroatoms. The van der Waals surface area contributed by atoms with Crippen LogP contribution in [0.25, 0.3) is 11.5 Å². The monoisotopic (exact) mass is 409 g/mol. The maximum Gasteiger partial charge on any atom is 0.418 e. The maximum absolute atomic E-state index is 12.9. The quantitative estimate of drug-likeness (QED) is 0.609. The smallest absolute Gasteiger partial charge is 0.418 e. The van der Waals surface area contributed by atoms with Gasteiger partial charge >= 0.3 is 6.09 Å². The Morgan fingerprint density at radius 2 is 1.67 bits per heavy atom. The molecule has 154 valence electrons. The van der Waals surface area contributed by atoms with Crippen LogP contribution in [0.2, 0.25) is 0 Å². The van der Waals surface area contributed by atoms with Gasteiger partial charge in [-0.2, -0.15) is 0 Å². The number of amides is 2. The van der Waals surface area contributed by atoms with E-state index >= 15 is 0 Å². The van der Waals surface area contributed by atoms with Crippen LogP contribution in [0.4, 0.5) is 4.79 Å². The predicted molar refractivity (Wildman–Crippen MR) is 104 cm³/mol. The van der Waals surface area contributed by atoms with E-state index in [9.17, 15) is 9.59 Å². The predicted octanol–water partition coefficient (Wildman–Crippen LogP) is 3.53. The van der Waals surface area contributed by atoms with Crippen molar-refractivity contribution >= 4 is 12.0 Å². The fourth-order valence-corrected chi connectivity index (χ4v) is 3.20. The highest BCUT2D eigenvalue weighted by Crippen LogP contribution is 2.35. The van der Waals surface area contributed by atoms with E-state index in [1.807, 2.05) is 30.3 Å². The van der Waals surface area contributed by atoms with E-state index in [1.165, 1.54) is 14.2 Å².